The number of carbonyl (C=O) groups is 2. The summed E-state index contributed by atoms with van der Waals surface area (Å²) in [4.78, 5) is 25.6. The van der Waals surface area contributed by atoms with Gasteiger partial charge in [0, 0.05) is 24.6 Å². The number of aldehydes is 1. The Bertz CT molecular complexity index is 488. The van der Waals surface area contributed by atoms with Gasteiger partial charge in [0.2, 0.25) is 0 Å². The molecule has 0 radical (unpaired) electrons. The largest absolute Gasteiger partial charge is 0.431 e. The number of para-hydroxylation sites is 2. The molecule has 0 fully saturated rings. The highest BCUT2D eigenvalue weighted by molar-refractivity contribution is 8.13. The standard InChI is InChI=1S/C11H9NO3S/c13-7-3-6-10(14)16-11-12-8-4-1-2-5-9(8)15-11/h1-2,4-5,7H,3,6H2. The molecule has 0 aliphatic carbocycles. The van der Waals surface area contributed by atoms with E-state index >= 15 is 0 Å². The van der Waals surface area contributed by atoms with E-state index in [1.807, 2.05) is 18.2 Å². The van der Waals surface area contributed by atoms with Gasteiger partial charge < -0.3 is 9.21 Å². The van der Waals surface area contributed by atoms with E-state index in [0.29, 0.717) is 10.8 Å². The molecule has 0 aliphatic heterocycles. The Morgan fingerprint density at radius 2 is 2.25 bits per heavy atom. The third kappa shape index (κ3) is 2.49. The molecule has 1 aromatic carbocycles. The van der Waals surface area contributed by atoms with E-state index in [1.165, 1.54) is 0 Å². The van der Waals surface area contributed by atoms with Crippen LogP contribution in [0.1, 0.15) is 12.8 Å². The Hall–Kier alpha value is -1.62. The number of thioether (sulfide) groups is 1. The fourth-order valence-electron chi connectivity index (χ4n) is 1.22. The summed E-state index contributed by atoms with van der Waals surface area (Å²) in [6.07, 6.45) is 1.18. The summed E-state index contributed by atoms with van der Waals surface area (Å²) in [6, 6.07) is 7.31. The Labute approximate surface area is 96.0 Å². The van der Waals surface area contributed by atoms with Crippen molar-refractivity contribution in [1.29, 1.82) is 0 Å². The van der Waals surface area contributed by atoms with Gasteiger partial charge in [-0.05, 0) is 12.1 Å². The molecular weight excluding hydrogens is 226 g/mol. The topological polar surface area (TPSA) is 60.2 Å². The molecule has 0 bridgehead atoms. The van der Waals surface area contributed by atoms with Crippen LogP contribution >= 0.6 is 11.8 Å². The predicted molar refractivity (Wildman–Crippen MR) is 60.2 cm³/mol. The number of aromatic nitrogens is 1. The van der Waals surface area contributed by atoms with Crippen molar-refractivity contribution in [2.75, 3.05) is 0 Å². The van der Waals surface area contributed by atoms with E-state index in [9.17, 15) is 9.59 Å². The predicted octanol–water partition coefficient (Wildman–Crippen LogP) is 2.43. The minimum absolute atomic E-state index is 0.112. The molecule has 1 heterocycles. The molecule has 4 nitrogen and oxygen atoms in total. The van der Waals surface area contributed by atoms with Crippen molar-refractivity contribution in [3.63, 3.8) is 0 Å². The van der Waals surface area contributed by atoms with E-state index in [4.69, 9.17) is 4.42 Å². The number of oxazole rings is 1. The summed E-state index contributed by atoms with van der Waals surface area (Å²) < 4.78 is 5.36. The number of carbonyl (C=O) groups excluding carboxylic acids is 2. The lowest BCUT2D eigenvalue weighted by Crippen LogP contribution is -1.91. The van der Waals surface area contributed by atoms with Crippen LogP contribution in [0.4, 0.5) is 0 Å². The van der Waals surface area contributed by atoms with Crippen molar-refractivity contribution < 1.29 is 14.0 Å². The lowest BCUT2D eigenvalue weighted by atomic mass is 10.3. The monoisotopic (exact) mass is 235 g/mol. The molecule has 0 saturated heterocycles. The van der Waals surface area contributed by atoms with Crippen molar-refractivity contribution in [3.8, 4) is 0 Å². The van der Waals surface area contributed by atoms with Gasteiger partial charge in [0.25, 0.3) is 5.22 Å². The second-order valence-electron chi connectivity index (χ2n) is 3.13. The number of hydrogen-bond donors (Lipinski definition) is 0. The summed E-state index contributed by atoms with van der Waals surface area (Å²) in [6.45, 7) is 0. The number of hydrogen-bond acceptors (Lipinski definition) is 5. The van der Waals surface area contributed by atoms with Gasteiger partial charge in [-0.15, -0.1) is 0 Å². The van der Waals surface area contributed by atoms with Crippen molar-refractivity contribution in [2.24, 2.45) is 0 Å². The van der Waals surface area contributed by atoms with Crippen molar-refractivity contribution in [3.05, 3.63) is 24.3 Å². The van der Waals surface area contributed by atoms with Crippen LogP contribution in [-0.4, -0.2) is 16.4 Å². The third-order valence-corrected chi connectivity index (χ3v) is 2.72. The van der Waals surface area contributed by atoms with Gasteiger partial charge in [0.1, 0.15) is 11.8 Å². The van der Waals surface area contributed by atoms with Gasteiger partial charge in [-0.1, -0.05) is 12.1 Å². The molecule has 1 aromatic heterocycles. The Morgan fingerprint density at radius 1 is 1.44 bits per heavy atom. The van der Waals surface area contributed by atoms with Crippen LogP contribution in [0.5, 0.6) is 0 Å². The van der Waals surface area contributed by atoms with Crippen LogP contribution < -0.4 is 0 Å². The smallest absolute Gasteiger partial charge is 0.264 e. The molecule has 0 amide bonds. The fourth-order valence-corrected chi connectivity index (χ4v) is 1.91. The molecule has 0 N–H and O–H groups in total. The van der Waals surface area contributed by atoms with E-state index < -0.39 is 0 Å². The summed E-state index contributed by atoms with van der Waals surface area (Å²) in [5.74, 6) is 0. The molecule has 82 valence electrons. The molecule has 5 heteroatoms. The maximum atomic E-state index is 11.4. The molecule has 2 rings (SSSR count). The van der Waals surface area contributed by atoms with Crippen LogP contribution in [-0.2, 0) is 9.59 Å². The van der Waals surface area contributed by atoms with Gasteiger partial charge in [0.15, 0.2) is 10.7 Å². The lowest BCUT2D eigenvalue weighted by molar-refractivity contribution is -0.114. The SMILES string of the molecule is O=CCCC(=O)Sc1nc2ccccc2o1. The molecule has 0 spiro atoms. The summed E-state index contributed by atoms with van der Waals surface area (Å²) in [7, 11) is 0. The molecule has 2 aromatic rings. The van der Waals surface area contributed by atoms with E-state index in [-0.39, 0.29) is 18.0 Å². The number of rotatable bonds is 4. The minimum Gasteiger partial charge on any atom is -0.431 e. The van der Waals surface area contributed by atoms with Gasteiger partial charge in [-0.3, -0.25) is 4.79 Å². The number of benzene rings is 1. The van der Waals surface area contributed by atoms with Crippen molar-refractivity contribution >= 4 is 34.3 Å². The number of fused-ring (bicyclic) bond motifs is 1. The van der Waals surface area contributed by atoms with Gasteiger partial charge >= 0.3 is 0 Å². The van der Waals surface area contributed by atoms with E-state index in [0.717, 1.165) is 23.6 Å². The van der Waals surface area contributed by atoms with Crippen LogP contribution in [0.2, 0.25) is 0 Å². The quantitative estimate of drug-likeness (QED) is 0.601. The first kappa shape index (κ1) is 10.9. The minimum atomic E-state index is -0.112. The maximum absolute atomic E-state index is 11.4. The average molecular weight is 235 g/mol. The molecule has 16 heavy (non-hydrogen) atoms. The first-order chi connectivity index (χ1) is 7.79. The van der Waals surface area contributed by atoms with Gasteiger partial charge in [0.05, 0.1) is 0 Å². The van der Waals surface area contributed by atoms with Crippen molar-refractivity contribution in [2.45, 2.75) is 18.1 Å². The second kappa shape index (κ2) is 4.94. The zero-order valence-corrected chi connectivity index (χ0v) is 9.20. The second-order valence-corrected chi connectivity index (χ2v) is 4.14. The first-order valence-corrected chi connectivity index (χ1v) is 5.61. The Morgan fingerprint density at radius 3 is 3.00 bits per heavy atom. The molecule has 0 aliphatic rings. The highest BCUT2D eigenvalue weighted by atomic mass is 32.2. The summed E-state index contributed by atoms with van der Waals surface area (Å²) >= 11 is 0.934. The fraction of sp³-hybridized carbons (Fsp3) is 0.182. The van der Waals surface area contributed by atoms with Crippen LogP contribution in [0.3, 0.4) is 0 Å². The normalized spacial score (nSPS) is 10.5. The molecule has 0 saturated carbocycles. The highest BCUT2D eigenvalue weighted by Gasteiger charge is 2.10. The van der Waals surface area contributed by atoms with E-state index in [1.54, 1.807) is 6.07 Å². The highest BCUT2D eigenvalue weighted by Crippen LogP contribution is 2.24. The molecule has 0 unspecified atom stereocenters. The zero-order chi connectivity index (χ0) is 11.4. The van der Waals surface area contributed by atoms with Crippen molar-refractivity contribution in [1.82, 2.24) is 4.98 Å². The Balaban J connectivity index is 2.09. The van der Waals surface area contributed by atoms with Gasteiger partial charge in [-0.2, -0.15) is 0 Å². The van der Waals surface area contributed by atoms with Crippen LogP contribution in [0, 0.1) is 0 Å². The zero-order valence-electron chi connectivity index (χ0n) is 8.38. The summed E-state index contributed by atoms with van der Waals surface area (Å²) in [5.41, 5.74) is 1.39. The van der Waals surface area contributed by atoms with Gasteiger partial charge in [-0.25, -0.2) is 4.98 Å². The van der Waals surface area contributed by atoms with Crippen LogP contribution in [0.15, 0.2) is 33.9 Å². The summed E-state index contributed by atoms with van der Waals surface area (Å²) in [5, 5.41) is 0.218. The van der Waals surface area contributed by atoms with Crippen LogP contribution in [0.25, 0.3) is 11.1 Å². The number of nitrogens with zero attached hydrogens (tertiary/aromatic N) is 1. The Kier molecular flexibility index (Phi) is 3.36. The third-order valence-electron chi connectivity index (χ3n) is 1.94. The average Bonchev–Trinajstić information content (AvgIpc) is 2.68. The first-order valence-electron chi connectivity index (χ1n) is 4.79. The van der Waals surface area contributed by atoms with E-state index in [2.05, 4.69) is 4.98 Å². The lowest BCUT2D eigenvalue weighted by Gasteiger charge is -1.91. The molecule has 0 atom stereocenters. The molecular formula is C11H9NO3S. The maximum Gasteiger partial charge on any atom is 0.264 e.